The predicted octanol–water partition coefficient (Wildman–Crippen LogP) is -0.320. The van der Waals surface area contributed by atoms with Gasteiger partial charge < -0.3 is 10.5 Å². The molecule has 1 unspecified atom stereocenters. The number of sulfonamides is 1. The molecule has 0 rings (SSSR count). The molecule has 3 N–H and O–H groups in total. The van der Waals surface area contributed by atoms with Gasteiger partial charge in [0, 0.05) is 13.2 Å². The lowest BCUT2D eigenvalue weighted by Gasteiger charge is -2.13. The van der Waals surface area contributed by atoms with Gasteiger partial charge in [0.25, 0.3) is 0 Å². The molecule has 0 radical (unpaired) electrons. The van der Waals surface area contributed by atoms with Gasteiger partial charge in [-0.15, -0.1) is 0 Å². The zero-order valence-corrected chi connectivity index (χ0v) is 9.64. The van der Waals surface area contributed by atoms with Crippen molar-refractivity contribution in [2.24, 2.45) is 5.73 Å². The largest absolute Gasteiger partial charge is 0.384 e. The van der Waals surface area contributed by atoms with Crippen molar-refractivity contribution in [2.45, 2.75) is 25.8 Å². The Morgan fingerprint density at radius 3 is 2.64 bits per heavy atom. The molecular weight excluding hydrogens is 204 g/mol. The van der Waals surface area contributed by atoms with Gasteiger partial charge in [-0.25, -0.2) is 13.1 Å². The lowest BCUT2D eigenvalue weighted by Crippen LogP contribution is -2.35. The van der Waals surface area contributed by atoms with E-state index in [1.807, 2.05) is 6.92 Å². The molecule has 6 heteroatoms. The zero-order chi connectivity index (χ0) is 11.0. The van der Waals surface area contributed by atoms with Crippen LogP contribution >= 0.6 is 0 Å². The van der Waals surface area contributed by atoms with Gasteiger partial charge in [0.15, 0.2) is 0 Å². The van der Waals surface area contributed by atoms with E-state index in [4.69, 9.17) is 10.5 Å². The molecule has 0 aliphatic carbocycles. The van der Waals surface area contributed by atoms with Crippen LogP contribution in [-0.2, 0) is 14.8 Å². The van der Waals surface area contributed by atoms with Gasteiger partial charge in [0.1, 0.15) is 0 Å². The van der Waals surface area contributed by atoms with Crippen molar-refractivity contribution in [3.63, 3.8) is 0 Å². The van der Waals surface area contributed by atoms with E-state index >= 15 is 0 Å². The number of hydrogen-bond acceptors (Lipinski definition) is 4. The summed E-state index contributed by atoms with van der Waals surface area (Å²) in [4.78, 5) is 0. The van der Waals surface area contributed by atoms with Crippen LogP contribution in [0.3, 0.4) is 0 Å². The van der Waals surface area contributed by atoms with Crippen LogP contribution < -0.4 is 10.5 Å². The summed E-state index contributed by atoms with van der Waals surface area (Å²) in [5.74, 6) is 0.0104. The Morgan fingerprint density at radius 2 is 2.14 bits per heavy atom. The highest BCUT2D eigenvalue weighted by Crippen LogP contribution is 1.97. The van der Waals surface area contributed by atoms with E-state index in [0.717, 1.165) is 12.8 Å². The number of rotatable bonds is 8. The molecule has 0 heterocycles. The van der Waals surface area contributed by atoms with Crippen LogP contribution in [0.4, 0.5) is 0 Å². The van der Waals surface area contributed by atoms with Crippen molar-refractivity contribution in [3.8, 4) is 0 Å². The Bertz CT molecular complexity index is 229. The van der Waals surface area contributed by atoms with Gasteiger partial charge >= 0.3 is 0 Å². The Balaban J connectivity index is 3.83. The molecule has 0 bridgehead atoms. The first-order valence-corrected chi connectivity index (χ1v) is 6.36. The molecular formula is C8H20N2O3S. The van der Waals surface area contributed by atoms with Crippen LogP contribution in [0.1, 0.15) is 19.8 Å². The zero-order valence-electron chi connectivity index (χ0n) is 8.82. The monoisotopic (exact) mass is 224 g/mol. The van der Waals surface area contributed by atoms with Crippen LogP contribution in [0.2, 0.25) is 0 Å². The molecule has 0 fully saturated rings. The average molecular weight is 224 g/mol. The van der Waals surface area contributed by atoms with Crippen molar-refractivity contribution in [1.29, 1.82) is 0 Å². The minimum atomic E-state index is -3.19. The Labute approximate surface area is 86.1 Å². The van der Waals surface area contributed by atoms with E-state index in [2.05, 4.69) is 4.72 Å². The van der Waals surface area contributed by atoms with E-state index in [1.165, 1.54) is 7.11 Å². The minimum Gasteiger partial charge on any atom is -0.384 e. The molecule has 0 aliphatic rings. The molecule has 0 aromatic rings. The van der Waals surface area contributed by atoms with Gasteiger partial charge in [-0.3, -0.25) is 0 Å². The normalized spacial score (nSPS) is 14.2. The molecule has 0 aliphatic heterocycles. The smallest absolute Gasteiger partial charge is 0.214 e. The summed E-state index contributed by atoms with van der Waals surface area (Å²) in [5.41, 5.74) is 5.32. The maximum absolute atomic E-state index is 11.3. The number of nitrogens with two attached hydrogens (primary N) is 1. The highest BCUT2D eigenvalue weighted by Gasteiger charge is 2.13. The number of hydrogen-bond donors (Lipinski definition) is 2. The van der Waals surface area contributed by atoms with E-state index in [1.54, 1.807) is 0 Å². The van der Waals surface area contributed by atoms with Crippen molar-refractivity contribution in [3.05, 3.63) is 0 Å². The van der Waals surface area contributed by atoms with E-state index in [0.29, 0.717) is 6.54 Å². The molecule has 0 spiro atoms. The van der Waals surface area contributed by atoms with Crippen molar-refractivity contribution in [2.75, 3.05) is 26.0 Å². The molecule has 0 amide bonds. The minimum absolute atomic E-state index is 0.0104. The SMILES string of the molecule is COCCS(=O)(=O)NC(C)CCCN. The summed E-state index contributed by atoms with van der Waals surface area (Å²) in [6, 6.07) is -0.0552. The first-order valence-electron chi connectivity index (χ1n) is 4.71. The maximum atomic E-state index is 11.3. The van der Waals surface area contributed by atoms with Crippen molar-refractivity contribution >= 4 is 10.0 Å². The van der Waals surface area contributed by atoms with Gasteiger partial charge in [-0.2, -0.15) is 0 Å². The predicted molar refractivity (Wildman–Crippen MR) is 56.5 cm³/mol. The van der Waals surface area contributed by atoms with Gasteiger partial charge in [-0.1, -0.05) is 0 Å². The lowest BCUT2D eigenvalue weighted by atomic mass is 10.2. The highest BCUT2D eigenvalue weighted by atomic mass is 32.2. The van der Waals surface area contributed by atoms with Gasteiger partial charge in [-0.05, 0) is 26.3 Å². The number of methoxy groups -OCH3 is 1. The Morgan fingerprint density at radius 1 is 1.50 bits per heavy atom. The van der Waals surface area contributed by atoms with Crippen LogP contribution in [0.15, 0.2) is 0 Å². The summed E-state index contributed by atoms with van der Waals surface area (Å²) in [6.07, 6.45) is 1.59. The van der Waals surface area contributed by atoms with Crippen molar-refractivity contribution < 1.29 is 13.2 Å². The standard InChI is InChI=1S/C8H20N2O3S/c1-8(4-3-5-9)10-14(11,12)7-6-13-2/h8,10H,3-7,9H2,1-2H3. The molecule has 0 saturated carbocycles. The quantitative estimate of drug-likeness (QED) is 0.592. The summed E-state index contributed by atoms with van der Waals surface area (Å²) in [6.45, 7) is 2.64. The first kappa shape index (κ1) is 13.8. The van der Waals surface area contributed by atoms with Gasteiger partial charge in [0.05, 0.1) is 12.4 Å². The highest BCUT2D eigenvalue weighted by molar-refractivity contribution is 7.89. The van der Waals surface area contributed by atoms with Gasteiger partial charge in [0.2, 0.25) is 10.0 Å². The molecule has 0 aromatic heterocycles. The molecule has 1 atom stereocenters. The van der Waals surface area contributed by atoms with Crippen LogP contribution in [0.25, 0.3) is 0 Å². The summed E-state index contributed by atoms with van der Waals surface area (Å²) in [7, 11) is -1.71. The van der Waals surface area contributed by atoms with Crippen molar-refractivity contribution in [1.82, 2.24) is 4.72 Å². The van der Waals surface area contributed by atoms with E-state index in [-0.39, 0.29) is 18.4 Å². The molecule has 14 heavy (non-hydrogen) atoms. The molecule has 86 valence electrons. The second-order valence-electron chi connectivity index (χ2n) is 3.26. The lowest BCUT2D eigenvalue weighted by molar-refractivity contribution is 0.216. The topological polar surface area (TPSA) is 81.4 Å². The molecule has 5 nitrogen and oxygen atoms in total. The maximum Gasteiger partial charge on any atom is 0.214 e. The fourth-order valence-electron chi connectivity index (χ4n) is 1.04. The Hall–Kier alpha value is -0.170. The van der Waals surface area contributed by atoms with E-state index in [9.17, 15) is 8.42 Å². The summed E-state index contributed by atoms with van der Waals surface area (Å²) < 4.78 is 29.9. The number of ether oxygens (including phenoxy) is 1. The average Bonchev–Trinajstić information content (AvgIpc) is 2.11. The number of nitrogens with one attached hydrogen (secondary N) is 1. The second-order valence-corrected chi connectivity index (χ2v) is 5.13. The molecule has 0 saturated heterocycles. The third-order valence-electron chi connectivity index (χ3n) is 1.78. The fraction of sp³-hybridized carbons (Fsp3) is 1.00. The van der Waals surface area contributed by atoms with E-state index < -0.39 is 10.0 Å². The van der Waals surface area contributed by atoms with Crippen LogP contribution in [-0.4, -0.2) is 40.5 Å². The summed E-state index contributed by atoms with van der Waals surface area (Å²) >= 11 is 0. The third-order valence-corrected chi connectivity index (χ3v) is 3.24. The second kappa shape index (κ2) is 7.17. The molecule has 0 aromatic carbocycles. The van der Waals surface area contributed by atoms with Crippen LogP contribution in [0, 0.1) is 0 Å². The summed E-state index contributed by atoms with van der Waals surface area (Å²) in [5, 5.41) is 0. The fourth-order valence-corrected chi connectivity index (χ4v) is 2.28. The third kappa shape index (κ3) is 7.25. The first-order chi connectivity index (χ1) is 6.52. The Kier molecular flexibility index (Phi) is 7.08. The van der Waals surface area contributed by atoms with Crippen LogP contribution in [0.5, 0.6) is 0 Å².